The summed E-state index contributed by atoms with van der Waals surface area (Å²) < 4.78 is 0.808. The number of non-ortho nitro benzene ring substituents is 1. The van der Waals surface area contributed by atoms with Crippen LogP contribution < -0.4 is 5.32 Å². The van der Waals surface area contributed by atoms with Gasteiger partial charge in [-0.15, -0.1) is 0 Å². The zero-order chi connectivity index (χ0) is 13.1. The number of halogens is 1. The smallest absolute Gasteiger partial charge is 0.270 e. The van der Waals surface area contributed by atoms with Crippen LogP contribution in [0.1, 0.15) is 12.5 Å². The number of hydrogen-bond acceptors (Lipinski definition) is 4. The van der Waals surface area contributed by atoms with Crippen molar-refractivity contribution in [1.82, 2.24) is 10.2 Å². The Hall–Kier alpha value is -0.980. The maximum Gasteiger partial charge on any atom is 0.270 e. The van der Waals surface area contributed by atoms with Crippen LogP contribution in [-0.4, -0.2) is 35.5 Å². The van der Waals surface area contributed by atoms with Crippen LogP contribution in [-0.2, 0) is 6.54 Å². The minimum Gasteiger partial charge on any atom is -0.314 e. The number of nitrogens with one attached hydrogen (secondary N) is 1. The van der Waals surface area contributed by atoms with Crippen molar-refractivity contribution in [1.29, 1.82) is 0 Å². The van der Waals surface area contributed by atoms with Crippen molar-refractivity contribution in [2.45, 2.75) is 19.5 Å². The fourth-order valence-electron chi connectivity index (χ4n) is 2.03. The fraction of sp³-hybridized carbons (Fsp3) is 0.500. The van der Waals surface area contributed by atoms with Gasteiger partial charge in [-0.2, -0.15) is 0 Å². The second kappa shape index (κ2) is 5.77. The van der Waals surface area contributed by atoms with Gasteiger partial charge in [0.2, 0.25) is 0 Å². The van der Waals surface area contributed by atoms with Crippen molar-refractivity contribution in [3.63, 3.8) is 0 Å². The van der Waals surface area contributed by atoms with Crippen LogP contribution in [0.15, 0.2) is 22.7 Å². The van der Waals surface area contributed by atoms with Gasteiger partial charge in [0.15, 0.2) is 0 Å². The van der Waals surface area contributed by atoms with E-state index in [2.05, 4.69) is 33.1 Å². The van der Waals surface area contributed by atoms with E-state index in [-0.39, 0.29) is 10.6 Å². The number of benzene rings is 1. The van der Waals surface area contributed by atoms with Crippen LogP contribution >= 0.6 is 15.9 Å². The second-order valence-corrected chi connectivity index (χ2v) is 5.26. The lowest BCUT2D eigenvalue weighted by atomic mass is 10.1. The van der Waals surface area contributed by atoms with Gasteiger partial charge in [-0.1, -0.05) is 22.9 Å². The third-order valence-electron chi connectivity index (χ3n) is 3.30. The van der Waals surface area contributed by atoms with Gasteiger partial charge >= 0.3 is 0 Å². The zero-order valence-electron chi connectivity index (χ0n) is 10.2. The summed E-state index contributed by atoms with van der Waals surface area (Å²) in [5, 5.41) is 13.9. The fourth-order valence-corrected chi connectivity index (χ4v) is 2.52. The lowest BCUT2D eigenvalue weighted by molar-refractivity contribution is -0.384. The summed E-state index contributed by atoms with van der Waals surface area (Å²) in [5.41, 5.74) is 1.22. The molecule has 0 amide bonds. The number of nitrogens with zero attached hydrogens (tertiary/aromatic N) is 2. The van der Waals surface area contributed by atoms with Gasteiger partial charge in [0.1, 0.15) is 0 Å². The lowest BCUT2D eigenvalue weighted by Crippen LogP contribution is -2.56. The molecule has 0 radical (unpaired) electrons. The molecule has 2 rings (SSSR count). The first-order valence-electron chi connectivity index (χ1n) is 5.99. The molecule has 18 heavy (non-hydrogen) atoms. The highest BCUT2D eigenvalue weighted by Gasteiger charge is 2.24. The van der Waals surface area contributed by atoms with Crippen LogP contribution in [0.4, 0.5) is 5.69 Å². The number of rotatable bonds is 5. The van der Waals surface area contributed by atoms with E-state index in [4.69, 9.17) is 0 Å². The van der Waals surface area contributed by atoms with Crippen molar-refractivity contribution in [2.24, 2.45) is 0 Å². The lowest BCUT2D eigenvalue weighted by Gasteiger charge is -2.37. The highest BCUT2D eigenvalue weighted by molar-refractivity contribution is 9.10. The molecule has 1 aromatic carbocycles. The molecule has 1 N–H and O–H groups in total. The monoisotopic (exact) mass is 313 g/mol. The minimum absolute atomic E-state index is 0.124. The van der Waals surface area contributed by atoms with Gasteiger partial charge in [-0.05, 0) is 18.2 Å². The predicted octanol–water partition coefficient (Wildman–Crippen LogP) is 2.15. The summed E-state index contributed by atoms with van der Waals surface area (Å²) in [4.78, 5) is 12.7. The Bertz CT molecular complexity index is 449. The Kier molecular flexibility index (Phi) is 4.31. The highest BCUT2D eigenvalue weighted by Crippen LogP contribution is 2.25. The molecule has 0 bridgehead atoms. The predicted molar refractivity (Wildman–Crippen MR) is 73.5 cm³/mol. The number of nitro benzene ring substituents is 1. The van der Waals surface area contributed by atoms with E-state index in [0.717, 1.165) is 36.2 Å². The molecular formula is C12H16BrN3O2. The van der Waals surface area contributed by atoms with Crippen LogP contribution in [0.2, 0.25) is 0 Å². The topological polar surface area (TPSA) is 58.4 Å². The SMILES string of the molecule is CCN(Cc1ccc([N+](=O)[O-])cc1Br)C1CNC1. The first-order valence-corrected chi connectivity index (χ1v) is 6.78. The quantitative estimate of drug-likeness (QED) is 0.668. The molecule has 1 heterocycles. The molecule has 98 valence electrons. The minimum atomic E-state index is -0.373. The molecule has 0 saturated carbocycles. The van der Waals surface area contributed by atoms with Crippen LogP contribution in [0.3, 0.4) is 0 Å². The van der Waals surface area contributed by atoms with Gasteiger partial charge < -0.3 is 5.32 Å². The molecule has 0 unspecified atom stereocenters. The third kappa shape index (κ3) is 2.88. The molecule has 0 aromatic heterocycles. The molecular weight excluding hydrogens is 298 g/mol. The summed E-state index contributed by atoms with van der Waals surface area (Å²) in [6.07, 6.45) is 0. The second-order valence-electron chi connectivity index (χ2n) is 4.41. The van der Waals surface area contributed by atoms with E-state index >= 15 is 0 Å². The molecule has 0 atom stereocenters. The Labute approximate surface area is 114 Å². The largest absolute Gasteiger partial charge is 0.314 e. The van der Waals surface area contributed by atoms with Crippen molar-refractivity contribution < 1.29 is 4.92 Å². The standard InChI is InChI=1S/C12H16BrN3O2/c1-2-15(11-6-14-7-11)8-9-3-4-10(16(17)18)5-12(9)13/h3-5,11,14H,2,6-8H2,1H3. The zero-order valence-corrected chi connectivity index (χ0v) is 11.8. The summed E-state index contributed by atoms with van der Waals surface area (Å²) in [6, 6.07) is 5.55. The van der Waals surface area contributed by atoms with E-state index in [1.54, 1.807) is 12.1 Å². The first kappa shape index (κ1) is 13.5. The Morgan fingerprint density at radius 1 is 1.56 bits per heavy atom. The molecule has 0 spiro atoms. The molecule has 1 saturated heterocycles. The van der Waals surface area contributed by atoms with E-state index in [0.29, 0.717) is 6.04 Å². The Morgan fingerprint density at radius 3 is 2.72 bits per heavy atom. The molecule has 6 heteroatoms. The Balaban J connectivity index is 2.10. The van der Waals surface area contributed by atoms with Crippen molar-refractivity contribution >= 4 is 21.6 Å². The van der Waals surface area contributed by atoms with Crippen LogP contribution in [0, 0.1) is 10.1 Å². The summed E-state index contributed by atoms with van der Waals surface area (Å²) in [7, 11) is 0. The van der Waals surface area contributed by atoms with E-state index in [1.165, 1.54) is 0 Å². The van der Waals surface area contributed by atoms with Gasteiger partial charge in [0, 0.05) is 42.3 Å². The molecule has 1 fully saturated rings. The van der Waals surface area contributed by atoms with Crippen molar-refractivity contribution in [3.8, 4) is 0 Å². The van der Waals surface area contributed by atoms with Crippen molar-refractivity contribution in [2.75, 3.05) is 19.6 Å². The molecule has 1 aliphatic heterocycles. The molecule has 1 aliphatic rings. The number of nitro groups is 1. The normalized spacial score (nSPS) is 15.7. The van der Waals surface area contributed by atoms with Gasteiger partial charge in [-0.3, -0.25) is 15.0 Å². The van der Waals surface area contributed by atoms with E-state index in [1.807, 2.05) is 6.07 Å². The Morgan fingerprint density at radius 2 is 2.28 bits per heavy atom. The first-order chi connectivity index (χ1) is 8.61. The van der Waals surface area contributed by atoms with Crippen LogP contribution in [0.25, 0.3) is 0 Å². The molecule has 0 aliphatic carbocycles. The summed E-state index contributed by atoms with van der Waals surface area (Å²) >= 11 is 3.42. The summed E-state index contributed by atoms with van der Waals surface area (Å²) in [6.45, 7) is 5.99. The average molecular weight is 314 g/mol. The van der Waals surface area contributed by atoms with Gasteiger partial charge in [0.25, 0.3) is 5.69 Å². The molecule has 5 nitrogen and oxygen atoms in total. The van der Waals surface area contributed by atoms with Gasteiger partial charge in [0.05, 0.1) is 4.92 Å². The highest BCUT2D eigenvalue weighted by atomic mass is 79.9. The summed E-state index contributed by atoms with van der Waals surface area (Å²) in [5.74, 6) is 0. The van der Waals surface area contributed by atoms with Crippen molar-refractivity contribution in [3.05, 3.63) is 38.3 Å². The maximum atomic E-state index is 10.7. The number of hydrogen-bond donors (Lipinski definition) is 1. The number of likely N-dealkylation sites (N-methyl/N-ethyl adjacent to an activating group) is 1. The maximum absolute atomic E-state index is 10.7. The average Bonchev–Trinajstić information content (AvgIpc) is 2.27. The third-order valence-corrected chi connectivity index (χ3v) is 4.04. The van der Waals surface area contributed by atoms with Crippen LogP contribution in [0.5, 0.6) is 0 Å². The van der Waals surface area contributed by atoms with Gasteiger partial charge in [-0.25, -0.2) is 0 Å². The molecule has 1 aromatic rings. The van der Waals surface area contributed by atoms with E-state index < -0.39 is 0 Å². The van der Waals surface area contributed by atoms with E-state index in [9.17, 15) is 10.1 Å².